The Hall–Kier alpha value is -0.340. The molecule has 0 aromatic rings. The van der Waals surface area contributed by atoms with Gasteiger partial charge >= 0.3 is 0 Å². The summed E-state index contributed by atoms with van der Waals surface area (Å²) >= 11 is 0. The van der Waals surface area contributed by atoms with E-state index >= 15 is 0 Å². The molecule has 1 spiro atoms. The Morgan fingerprint density at radius 1 is 1.29 bits per heavy atom. The Morgan fingerprint density at radius 3 is 2.71 bits per heavy atom. The van der Waals surface area contributed by atoms with Crippen LogP contribution >= 0.6 is 0 Å². The Kier molecular flexibility index (Phi) is 2.18. The zero-order chi connectivity index (χ0) is 12.5. The van der Waals surface area contributed by atoms with Crippen molar-refractivity contribution in [3.05, 3.63) is 11.6 Å². The highest BCUT2D eigenvalue weighted by Crippen LogP contribution is 2.66. The summed E-state index contributed by atoms with van der Waals surface area (Å²) in [6.07, 6.45) is 6.61. The van der Waals surface area contributed by atoms with Crippen LogP contribution in [0.4, 0.5) is 0 Å². The fraction of sp³-hybridized carbons (Fsp3) is 0.867. The van der Waals surface area contributed by atoms with Gasteiger partial charge in [0.2, 0.25) is 0 Å². The molecular weight excluding hydrogens is 212 g/mol. The summed E-state index contributed by atoms with van der Waals surface area (Å²) in [6.45, 7) is 8.60. The highest BCUT2D eigenvalue weighted by molar-refractivity contribution is 5.26. The van der Waals surface area contributed by atoms with Crippen LogP contribution in [-0.4, -0.2) is 22.4 Å². The Morgan fingerprint density at radius 2 is 2.00 bits per heavy atom. The highest BCUT2D eigenvalue weighted by Gasteiger charge is 2.69. The molecule has 1 N–H and O–H groups in total. The molecule has 2 heteroatoms. The van der Waals surface area contributed by atoms with Gasteiger partial charge in [0.15, 0.2) is 0 Å². The first kappa shape index (κ1) is 11.7. The maximum Gasteiger partial charge on any atom is 0.0853 e. The zero-order valence-corrected chi connectivity index (χ0v) is 11.4. The average Bonchev–Trinajstić information content (AvgIpc) is 2.57. The van der Waals surface area contributed by atoms with Crippen LogP contribution in [0.15, 0.2) is 11.6 Å². The number of ether oxygens (including phenoxy) is 1. The minimum absolute atomic E-state index is 0.0317. The lowest BCUT2D eigenvalue weighted by Gasteiger charge is -2.45. The van der Waals surface area contributed by atoms with Crippen molar-refractivity contribution in [2.75, 3.05) is 0 Å². The van der Waals surface area contributed by atoms with Crippen molar-refractivity contribution >= 4 is 0 Å². The van der Waals surface area contributed by atoms with E-state index in [9.17, 15) is 5.11 Å². The van der Waals surface area contributed by atoms with Gasteiger partial charge in [-0.25, -0.2) is 0 Å². The first-order valence-electron chi connectivity index (χ1n) is 6.87. The minimum Gasteiger partial charge on any atom is -0.389 e. The van der Waals surface area contributed by atoms with E-state index in [2.05, 4.69) is 26.8 Å². The monoisotopic (exact) mass is 236 g/mol. The summed E-state index contributed by atoms with van der Waals surface area (Å²) in [7, 11) is 0. The molecule has 0 aromatic heterocycles. The second-order valence-corrected chi connectivity index (χ2v) is 7.06. The Bertz CT molecular complexity index is 380. The van der Waals surface area contributed by atoms with Crippen LogP contribution in [0.1, 0.15) is 53.4 Å². The molecule has 3 aliphatic rings. The van der Waals surface area contributed by atoms with Gasteiger partial charge < -0.3 is 9.84 Å². The van der Waals surface area contributed by atoms with Crippen molar-refractivity contribution in [3.63, 3.8) is 0 Å². The van der Waals surface area contributed by atoms with Gasteiger partial charge in [-0.1, -0.05) is 11.6 Å². The lowest BCUT2D eigenvalue weighted by molar-refractivity contribution is -0.0962. The molecule has 0 amide bonds. The third-order valence-corrected chi connectivity index (χ3v) is 5.69. The largest absolute Gasteiger partial charge is 0.389 e. The number of aliphatic hydroxyl groups is 1. The summed E-state index contributed by atoms with van der Waals surface area (Å²) in [4.78, 5) is 0. The zero-order valence-electron chi connectivity index (χ0n) is 11.4. The predicted octanol–water partition coefficient (Wildman–Crippen LogP) is 3.05. The molecule has 1 heterocycles. The molecule has 0 unspecified atom stereocenters. The Labute approximate surface area is 104 Å². The third-order valence-electron chi connectivity index (χ3n) is 5.69. The fourth-order valence-corrected chi connectivity index (χ4v) is 4.79. The van der Waals surface area contributed by atoms with Gasteiger partial charge in [-0.2, -0.15) is 0 Å². The molecule has 1 saturated carbocycles. The third kappa shape index (κ3) is 1.29. The van der Waals surface area contributed by atoms with Crippen molar-refractivity contribution in [3.8, 4) is 0 Å². The molecule has 0 aromatic carbocycles. The quantitative estimate of drug-likeness (QED) is 0.655. The molecule has 0 bridgehead atoms. The van der Waals surface area contributed by atoms with Crippen molar-refractivity contribution < 1.29 is 9.84 Å². The first-order valence-corrected chi connectivity index (χ1v) is 6.87. The van der Waals surface area contributed by atoms with Crippen molar-refractivity contribution in [2.45, 2.75) is 70.7 Å². The summed E-state index contributed by atoms with van der Waals surface area (Å²) in [5.74, 6) is 0.499. The number of allylic oxidation sites excluding steroid dienone is 1. The van der Waals surface area contributed by atoms with E-state index in [1.807, 2.05) is 6.92 Å². The van der Waals surface area contributed by atoms with E-state index in [1.54, 1.807) is 0 Å². The average molecular weight is 236 g/mol. The molecule has 3 rings (SSSR count). The summed E-state index contributed by atoms with van der Waals surface area (Å²) in [6, 6.07) is 0. The topological polar surface area (TPSA) is 29.5 Å². The predicted molar refractivity (Wildman–Crippen MR) is 67.7 cm³/mol. The second kappa shape index (κ2) is 3.16. The normalized spacial score (nSPS) is 51.9. The highest BCUT2D eigenvalue weighted by atomic mass is 16.5. The lowest BCUT2D eigenvalue weighted by Crippen LogP contribution is -2.51. The van der Waals surface area contributed by atoms with E-state index in [4.69, 9.17) is 4.74 Å². The lowest BCUT2D eigenvalue weighted by atomic mass is 9.60. The van der Waals surface area contributed by atoms with Crippen LogP contribution in [0.5, 0.6) is 0 Å². The molecule has 2 nitrogen and oxygen atoms in total. The van der Waals surface area contributed by atoms with E-state index in [-0.39, 0.29) is 17.1 Å². The minimum atomic E-state index is -0.562. The van der Waals surface area contributed by atoms with Gasteiger partial charge in [0.05, 0.1) is 17.3 Å². The van der Waals surface area contributed by atoms with Gasteiger partial charge in [-0.3, -0.25) is 0 Å². The summed E-state index contributed by atoms with van der Waals surface area (Å²) < 4.78 is 6.28. The molecule has 2 fully saturated rings. The molecule has 4 atom stereocenters. The van der Waals surface area contributed by atoms with Crippen LogP contribution < -0.4 is 0 Å². The first-order chi connectivity index (χ1) is 7.80. The van der Waals surface area contributed by atoms with Gasteiger partial charge in [0.1, 0.15) is 0 Å². The van der Waals surface area contributed by atoms with E-state index < -0.39 is 5.60 Å². The van der Waals surface area contributed by atoms with Gasteiger partial charge in [-0.15, -0.1) is 0 Å². The smallest absolute Gasteiger partial charge is 0.0853 e. The molecule has 1 aliphatic heterocycles. The van der Waals surface area contributed by atoms with Crippen molar-refractivity contribution in [1.82, 2.24) is 0 Å². The second-order valence-electron chi connectivity index (χ2n) is 7.06. The molecule has 96 valence electrons. The maximum atomic E-state index is 10.9. The van der Waals surface area contributed by atoms with Crippen LogP contribution in [0, 0.1) is 11.3 Å². The molecule has 2 aliphatic carbocycles. The summed E-state index contributed by atoms with van der Waals surface area (Å²) in [5, 5.41) is 10.9. The fourth-order valence-electron chi connectivity index (χ4n) is 4.79. The standard InChI is InChI=1S/C15H24O2/c1-10-5-8-15-11(6-7-14(15,4)16)13(2,3)17-12(15)9-10/h9,11-12,16H,5-8H2,1-4H3/t11-,12+,14+,15-/m1/s1. The number of rotatable bonds is 0. The maximum absolute atomic E-state index is 10.9. The van der Waals surface area contributed by atoms with Gasteiger partial charge in [0.25, 0.3) is 0 Å². The molecule has 17 heavy (non-hydrogen) atoms. The van der Waals surface area contributed by atoms with E-state index in [0.717, 1.165) is 25.7 Å². The Balaban J connectivity index is 2.12. The van der Waals surface area contributed by atoms with Crippen LogP contribution in [0.2, 0.25) is 0 Å². The SMILES string of the molecule is CC1=C[C@@H]2OC(C)(C)[C@H]3CC[C@](C)(O)[C@@]23CC1. The van der Waals surface area contributed by atoms with E-state index in [0.29, 0.717) is 5.92 Å². The van der Waals surface area contributed by atoms with Crippen molar-refractivity contribution in [1.29, 1.82) is 0 Å². The van der Waals surface area contributed by atoms with Gasteiger partial charge in [0, 0.05) is 5.41 Å². The number of hydrogen-bond acceptors (Lipinski definition) is 2. The van der Waals surface area contributed by atoms with Crippen LogP contribution in [0.3, 0.4) is 0 Å². The number of hydrogen-bond donors (Lipinski definition) is 1. The van der Waals surface area contributed by atoms with E-state index in [1.165, 1.54) is 5.57 Å². The molecule has 0 radical (unpaired) electrons. The molecular formula is C15H24O2. The van der Waals surface area contributed by atoms with Crippen LogP contribution in [-0.2, 0) is 4.74 Å². The van der Waals surface area contributed by atoms with Gasteiger partial charge in [-0.05, 0) is 59.3 Å². The molecule has 1 saturated heterocycles. The van der Waals surface area contributed by atoms with Crippen molar-refractivity contribution in [2.24, 2.45) is 11.3 Å². The van der Waals surface area contributed by atoms with Crippen LogP contribution in [0.25, 0.3) is 0 Å². The summed E-state index contributed by atoms with van der Waals surface area (Å²) in [5.41, 5.74) is 0.732.